The van der Waals surface area contributed by atoms with Gasteiger partial charge in [0, 0.05) is 37.5 Å². The van der Waals surface area contributed by atoms with Crippen molar-refractivity contribution in [1.82, 2.24) is 15.0 Å². The minimum atomic E-state index is -2.11. The molecule has 2 aromatic rings. The smallest absolute Gasteiger partial charge is 0.362 e. The van der Waals surface area contributed by atoms with Gasteiger partial charge in [0.25, 0.3) is 0 Å². The van der Waals surface area contributed by atoms with E-state index in [1.54, 1.807) is 53.7 Å². The second-order valence-electron chi connectivity index (χ2n) is 17.4. The highest BCUT2D eigenvalue weighted by Crippen LogP contribution is 2.62. The van der Waals surface area contributed by atoms with Crippen LogP contribution in [0, 0.1) is 17.8 Å². The number of aliphatic hydroxyl groups is 3. The minimum absolute atomic E-state index is 0.0285. The van der Waals surface area contributed by atoms with Gasteiger partial charge in [0.2, 0.25) is 17.8 Å². The van der Waals surface area contributed by atoms with Crippen LogP contribution in [-0.4, -0.2) is 96.2 Å². The molecule has 15 heteroatoms. The van der Waals surface area contributed by atoms with Gasteiger partial charge in [0.05, 0.1) is 18.2 Å². The van der Waals surface area contributed by atoms with Crippen molar-refractivity contribution in [3.05, 3.63) is 46.8 Å². The summed E-state index contributed by atoms with van der Waals surface area (Å²) in [6, 6.07) is 3.57. The predicted molar refractivity (Wildman–Crippen MR) is 203 cm³/mol. The SMILES string of the molecule is CC(C)(C)OC(=O)c1nnn([C@H]2CC(=NOC3CCCCO3)C3=C[C@H](CCCCO)[C@@H](CCCCO)[C@@H]4c5cc(O)ccc5O[C@@]2(O)[C@H]34)c1C(=O)OC(C)(C)C. The third kappa shape index (κ3) is 8.90. The van der Waals surface area contributed by atoms with Crippen LogP contribution in [0.15, 0.2) is 35.0 Å². The van der Waals surface area contributed by atoms with Crippen LogP contribution >= 0.6 is 0 Å². The fraction of sp³-hybridized carbons (Fsp3) is 0.683. The first kappa shape index (κ1) is 41.6. The monoisotopic (exact) mass is 782 g/mol. The maximum atomic E-state index is 14.2. The van der Waals surface area contributed by atoms with E-state index in [0.717, 1.165) is 25.7 Å². The minimum Gasteiger partial charge on any atom is -0.508 e. The topological polar surface area (TPSA) is 204 Å². The summed E-state index contributed by atoms with van der Waals surface area (Å²) in [7, 11) is 0. The first-order valence-electron chi connectivity index (χ1n) is 20.0. The van der Waals surface area contributed by atoms with Gasteiger partial charge in [-0.2, -0.15) is 0 Å². The molecule has 3 heterocycles. The van der Waals surface area contributed by atoms with Crippen molar-refractivity contribution in [3.63, 3.8) is 0 Å². The van der Waals surface area contributed by atoms with Gasteiger partial charge in [0.15, 0.2) is 5.69 Å². The molecule has 4 N–H and O–H groups in total. The zero-order chi connectivity index (χ0) is 40.4. The van der Waals surface area contributed by atoms with E-state index in [9.17, 15) is 30.0 Å². The van der Waals surface area contributed by atoms with E-state index in [0.29, 0.717) is 61.3 Å². The number of aromatic hydroxyl groups is 1. The lowest BCUT2D eigenvalue weighted by atomic mass is 9.55. The summed E-state index contributed by atoms with van der Waals surface area (Å²) < 4.78 is 25.2. The normalized spacial score (nSPS) is 28.1. The number of esters is 2. The molecular weight excluding hydrogens is 724 g/mol. The molecular formula is C41H58N4O11. The Morgan fingerprint density at radius 3 is 2.34 bits per heavy atom. The molecule has 0 spiro atoms. The van der Waals surface area contributed by atoms with Crippen molar-refractivity contribution in [2.75, 3.05) is 19.8 Å². The quantitative estimate of drug-likeness (QED) is 0.109. The average molecular weight is 783 g/mol. The summed E-state index contributed by atoms with van der Waals surface area (Å²) in [5.74, 6) is -4.95. The van der Waals surface area contributed by atoms with Gasteiger partial charge in [0.1, 0.15) is 28.7 Å². The first-order chi connectivity index (χ1) is 26.5. The molecule has 1 unspecified atom stereocenters. The molecule has 0 bridgehead atoms. The molecule has 56 heavy (non-hydrogen) atoms. The standard InChI is InChI=1S/C41H58N4O11/c1-39(2,3)54-37(49)35-36(38(50)55-40(4,5)6)45(44-42-35)31-23-29(43-56-32-15-9-12-20-52-32)27-21-24(13-7-10-18-46)26(14-8-11-19-47)33-28-22-25(48)16-17-30(28)53-41(31,51)34(27)33/h16-17,21-22,24,26,31-34,46-48,51H,7-15,18-20,23H2,1-6H3/t24-,26+,31-,32?,33+,34+,41+/m0/s1. The number of phenolic OH excluding ortho intramolecular Hbond substituents is 1. The number of unbranched alkanes of at least 4 members (excludes halogenated alkanes) is 2. The van der Waals surface area contributed by atoms with Crippen LogP contribution in [0.4, 0.5) is 0 Å². The number of fused-ring (bicyclic) bond motifs is 2. The highest BCUT2D eigenvalue weighted by atomic mass is 16.8. The molecule has 6 rings (SSSR count). The molecule has 2 fully saturated rings. The van der Waals surface area contributed by atoms with E-state index in [-0.39, 0.29) is 48.6 Å². The van der Waals surface area contributed by atoms with Crippen LogP contribution in [0.1, 0.15) is 144 Å². The van der Waals surface area contributed by atoms with Gasteiger partial charge in [-0.25, -0.2) is 14.3 Å². The van der Waals surface area contributed by atoms with Crippen LogP contribution in [0.3, 0.4) is 0 Å². The Labute approximate surface area is 328 Å². The summed E-state index contributed by atoms with van der Waals surface area (Å²) in [6.45, 7) is 10.8. The van der Waals surface area contributed by atoms with E-state index < -0.39 is 53.1 Å². The molecule has 0 radical (unpaired) electrons. The van der Waals surface area contributed by atoms with Gasteiger partial charge in [-0.05, 0) is 116 Å². The third-order valence-electron chi connectivity index (χ3n) is 10.9. The number of oxime groups is 1. The number of hydrogen-bond acceptors (Lipinski definition) is 14. The van der Waals surface area contributed by atoms with Crippen LogP contribution in [0.2, 0.25) is 0 Å². The Hall–Kier alpha value is -4.05. The molecule has 2 aliphatic heterocycles. The van der Waals surface area contributed by atoms with E-state index in [1.165, 1.54) is 10.7 Å². The number of allylic oxidation sites excluding steroid dienone is 1. The second-order valence-corrected chi connectivity index (χ2v) is 17.4. The van der Waals surface area contributed by atoms with Crippen LogP contribution in [0.25, 0.3) is 0 Å². The molecule has 1 saturated carbocycles. The Balaban J connectivity index is 1.57. The second kappa shape index (κ2) is 16.8. The number of hydrogen-bond donors (Lipinski definition) is 4. The largest absolute Gasteiger partial charge is 0.508 e. The average Bonchev–Trinajstić information content (AvgIpc) is 3.57. The zero-order valence-electron chi connectivity index (χ0n) is 33.4. The van der Waals surface area contributed by atoms with Crippen molar-refractivity contribution in [2.45, 2.75) is 141 Å². The number of aliphatic hydroxyl groups excluding tert-OH is 2. The van der Waals surface area contributed by atoms with Gasteiger partial charge < -0.3 is 44.2 Å². The van der Waals surface area contributed by atoms with Gasteiger partial charge in [-0.3, -0.25) is 0 Å². The zero-order valence-corrected chi connectivity index (χ0v) is 33.4. The summed E-state index contributed by atoms with van der Waals surface area (Å²) in [5.41, 5.74) is -0.729. The van der Waals surface area contributed by atoms with Crippen molar-refractivity contribution < 1.29 is 53.8 Å². The molecule has 4 aliphatic rings. The first-order valence-corrected chi connectivity index (χ1v) is 20.0. The number of benzene rings is 1. The van der Waals surface area contributed by atoms with Gasteiger partial charge in [-0.1, -0.05) is 29.3 Å². The van der Waals surface area contributed by atoms with E-state index in [2.05, 4.69) is 16.4 Å². The highest BCUT2D eigenvalue weighted by molar-refractivity contribution is 6.03. The molecule has 2 aliphatic carbocycles. The number of carbonyl (C=O) groups excluding carboxylic acids is 2. The van der Waals surface area contributed by atoms with Crippen LogP contribution in [0.5, 0.6) is 11.5 Å². The van der Waals surface area contributed by atoms with Gasteiger partial charge in [-0.15, -0.1) is 5.10 Å². The number of aromatic nitrogens is 3. The molecule has 308 valence electrons. The molecule has 1 aromatic carbocycles. The molecule has 15 nitrogen and oxygen atoms in total. The van der Waals surface area contributed by atoms with Crippen LogP contribution < -0.4 is 4.74 Å². The fourth-order valence-electron chi connectivity index (χ4n) is 8.62. The van der Waals surface area contributed by atoms with Crippen molar-refractivity contribution in [3.8, 4) is 11.5 Å². The predicted octanol–water partition coefficient (Wildman–Crippen LogP) is 5.72. The van der Waals surface area contributed by atoms with E-state index in [1.807, 2.05) is 0 Å². The maximum absolute atomic E-state index is 14.2. The van der Waals surface area contributed by atoms with Gasteiger partial charge >= 0.3 is 11.9 Å². The van der Waals surface area contributed by atoms with E-state index in [4.69, 9.17) is 28.9 Å². The molecule has 1 aromatic heterocycles. The molecule has 7 atom stereocenters. The number of nitrogens with zero attached hydrogens (tertiary/aromatic N) is 4. The Morgan fingerprint density at radius 1 is 0.982 bits per heavy atom. The molecule has 1 saturated heterocycles. The lowest BCUT2D eigenvalue weighted by molar-refractivity contribution is -0.225. The van der Waals surface area contributed by atoms with Crippen molar-refractivity contribution in [1.29, 1.82) is 0 Å². The van der Waals surface area contributed by atoms with E-state index >= 15 is 0 Å². The number of ether oxygens (including phenoxy) is 4. The number of rotatable bonds is 13. The van der Waals surface area contributed by atoms with Crippen molar-refractivity contribution in [2.24, 2.45) is 22.9 Å². The lowest BCUT2D eigenvalue weighted by Gasteiger charge is -2.56. The summed E-state index contributed by atoms with van der Waals surface area (Å²) in [6.07, 6.45) is 8.03. The summed E-state index contributed by atoms with van der Waals surface area (Å²) >= 11 is 0. The Bertz CT molecular complexity index is 1790. The number of carbonyl (C=O) groups is 2. The van der Waals surface area contributed by atoms with Crippen LogP contribution in [-0.2, 0) is 19.0 Å². The lowest BCUT2D eigenvalue weighted by Crippen LogP contribution is -2.62. The summed E-state index contributed by atoms with van der Waals surface area (Å²) in [4.78, 5) is 33.9. The fourth-order valence-corrected chi connectivity index (χ4v) is 8.62. The van der Waals surface area contributed by atoms with Crippen molar-refractivity contribution >= 4 is 17.7 Å². The Morgan fingerprint density at radius 2 is 1.68 bits per heavy atom. The molecule has 0 amide bonds. The number of phenols is 1. The Kier molecular flexibility index (Phi) is 12.5. The third-order valence-corrected chi connectivity index (χ3v) is 10.9. The maximum Gasteiger partial charge on any atom is 0.362 e. The highest BCUT2D eigenvalue weighted by Gasteiger charge is 2.64. The summed E-state index contributed by atoms with van der Waals surface area (Å²) in [5, 5.41) is 56.9.